The van der Waals surface area contributed by atoms with Gasteiger partial charge in [-0.2, -0.15) is 0 Å². The van der Waals surface area contributed by atoms with Crippen LogP contribution < -0.4 is 11.1 Å². The summed E-state index contributed by atoms with van der Waals surface area (Å²) in [6, 6.07) is 7.64. The Kier molecular flexibility index (Phi) is 4.93. The lowest BCUT2D eigenvalue weighted by Crippen LogP contribution is -2.31. The van der Waals surface area contributed by atoms with E-state index in [4.69, 9.17) is 5.73 Å². The molecule has 2 amide bonds. The second-order valence-electron chi connectivity index (χ2n) is 5.48. The number of urea groups is 1. The lowest BCUT2D eigenvalue weighted by Gasteiger charge is -2.20. The first-order chi connectivity index (χ1) is 10.5. The predicted molar refractivity (Wildman–Crippen MR) is 87.5 cm³/mol. The number of nitrogen functional groups attached to an aromatic ring is 1. The number of hydrogen-bond donors (Lipinski definition) is 2. The molecule has 6 nitrogen and oxygen atoms in total. The minimum Gasteiger partial charge on any atom is -0.368 e. The minimum atomic E-state index is -0.176. The largest absolute Gasteiger partial charge is 0.368 e. The third-order valence-electron chi connectivity index (χ3n) is 3.32. The van der Waals surface area contributed by atoms with Crippen LogP contribution >= 0.6 is 0 Å². The van der Waals surface area contributed by atoms with Crippen LogP contribution in [0.2, 0.25) is 0 Å². The zero-order chi connectivity index (χ0) is 16.1. The van der Waals surface area contributed by atoms with Gasteiger partial charge in [0.25, 0.3) is 0 Å². The van der Waals surface area contributed by atoms with Crippen molar-refractivity contribution in [2.24, 2.45) is 0 Å². The first kappa shape index (κ1) is 15.8. The third kappa shape index (κ3) is 3.94. The summed E-state index contributed by atoms with van der Waals surface area (Å²) >= 11 is 0. The monoisotopic (exact) mass is 299 g/mol. The molecule has 2 aromatic rings. The number of nitrogens with one attached hydrogen (secondary N) is 1. The van der Waals surface area contributed by atoms with Crippen molar-refractivity contribution in [3.05, 3.63) is 47.8 Å². The van der Waals surface area contributed by atoms with Gasteiger partial charge >= 0.3 is 6.03 Å². The molecule has 1 aromatic heterocycles. The van der Waals surface area contributed by atoms with Crippen LogP contribution in [0, 0.1) is 0 Å². The van der Waals surface area contributed by atoms with Gasteiger partial charge < -0.3 is 16.0 Å². The van der Waals surface area contributed by atoms with E-state index in [9.17, 15) is 4.79 Å². The van der Waals surface area contributed by atoms with Crippen molar-refractivity contribution in [3.63, 3.8) is 0 Å². The molecule has 0 atom stereocenters. The summed E-state index contributed by atoms with van der Waals surface area (Å²) in [5.74, 6) is 0.564. The molecule has 1 aromatic carbocycles. The second-order valence-corrected chi connectivity index (χ2v) is 5.48. The molecule has 2 rings (SSSR count). The maximum atomic E-state index is 12.3. The summed E-state index contributed by atoms with van der Waals surface area (Å²) in [5, 5.41) is 2.94. The summed E-state index contributed by atoms with van der Waals surface area (Å²) in [6.45, 7) is 4.61. The number of nitrogens with two attached hydrogens (primary N) is 1. The highest BCUT2D eigenvalue weighted by molar-refractivity contribution is 5.90. The van der Waals surface area contributed by atoms with Crippen LogP contribution in [0.4, 0.5) is 16.4 Å². The standard InChI is InChI=1S/C16H21N5O/c1-11(2)13-6-4-5-7-14(13)20-16(22)21(3)10-12-8-18-15(17)19-9-12/h4-9,11H,10H2,1-3H3,(H,20,22)(H2,17,18,19). The van der Waals surface area contributed by atoms with Gasteiger partial charge in [-0.1, -0.05) is 32.0 Å². The normalized spacial score (nSPS) is 10.5. The van der Waals surface area contributed by atoms with E-state index in [1.165, 1.54) is 0 Å². The van der Waals surface area contributed by atoms with Crippen LogP contribution in [-0.4, -0.2) is 27.9 Å². The van der Waals surface area contributed by atoms with Gasteiger partial charge in [0.2, 0.25) is 5.95 Å². The van der Waals surface area contributed by atoms with Gasteiger partial charge in [0, 0.05) is 30.7 Å². The summed E-state index contributed by atoms with van der Waals surface area (Å²) in [7, 11) is 1.73. The quantitative estimate of drug-likeness (QED) is 0.909. The van der Waals surface area contributed by atoms with Crippen molar-refractivity contribution in [3.8, 4) is 0 Å². The average molecular weight is 299 g/mol. The number of carbonyl (C=O) groups is 1. The number of benzene rings is 1. The molecule has 0 saturated heterocycles. The second kappa shape index (κ2) is 6.89. The fourth-order valence-corrected chi connectivity index (χ4v) is 2.12. The van der Waals surface area contributed by atoms with Crippen molar-refractivity contribution >= 4 is 17.7 Å². The van der Waals surface area contributed by atoms with E-state index < -0.39 is 0 Å². The Hall–Kier alpha value is -2.63. The van der Waals surface area contributed by atoms with Crippen molar-refractivity contribution < 1.29 is 4.79 Å². The summed E-state index contributed by atoms with van der Waals surface area (Å²) in [5.41, 5.74) is 8.22. The number of amides is 2. The summed E-state index contributed by atoms with van der Waals surface area (Å²) < 4.78 is 0. The first-order valence-corrected chi connectivity index (χ1v) is 7.15. The van der Waals surface area contributed by atoms with E-state index in [0.717, 1.165) is 16.8 Å². The van der Waals surface area contributed by atoms with Gasteiger partial charge in [-0.25, -0.2) is 14.8 Å². The molecule has 0 radical (unpaired) electrons. The van der Waals surface area contributed by atoms with Gasteiger partial charge in [-0.15, -0.1) is 0 Å². The highest BCUT2D eigenvalue weighted by atomic mass is 16.2. The molecular formula is C16H21N5O. The maximum Gasteiger partial charge on any atom is 0.321 e. The lowest BCUT2D eigenvalue weighted by molar-refractivity contribution is 0.220. The number of nitrogens with zero attached hydrogens (tertiary/aromatic N) is 3. The molecule has 0 spiro atoms. The Morgan fingerprint density at radius 3 is 2.55 bits per heavy atom. The molecule has 0 aliphatic carbocycles. The van der Waals surface area contributed by atoms with Gasteiger partial charge in [-0.3, -0.25) is 0 Å². The highest BCUT2D eigenvalue weighted by Gasteiger charge is 2.13. The molecule has 0 bridgehead atoms. The van der Waals surface area contributed by atoms with Gasteiger partial charge in [-0.05, 0) is 17.5 Å². The van der Waals surface area contributed by atoms with E-state index in [1.807, 2.05) is 24.3 Å². The van der Waals surface area contributed by atoms with Gasteiger partial charge in [0.05, 0.1) is 6.54 Å². The number of carbonyl (C=O) groups excluding carboxylic acids is 1. The molecule has 0 unspecified atom stereocenters. The maximum absolute atomic E-state index is 12.3. The Bertz CT molecular complexity index is 639. The van der Waals surface area contributed by atoms with Crippen molar-refractivity contribution in [1.82, 2.24) is 14.9 Å². The smallest absolute Gasteiger partial charge is 0.321 e. The van der Waals surface area contributed by atoms with Gasteiger partial charge in [0.1, 0.15) is 0 Å². The number of hydrogen-bond acceptors (Lipinski definition) is 4. The Labute approximate surface area is 130 Å². The van der Waals surface area contributed by atoms with Crippen LogP contribution in [-0.2, 0) is 6.54 Å². The zero-order valence-electron chi connectivity index (χ0n) is 13.1. The molecule has 1 heterocycles. The van der Waals surface area contributed by atoms with E-state index in [-0.39, 0.29) is 12.0 Å². The summed E-state index contributed by atoms with van der Waals surface area (Å²) in [4.78, 5) is 21.7. The van der Waals surface area contributed by atoms with Crippen molar-refractivity contribution in [2.45, 2.75) is 26.3 Å². The fraction of sp³-hybridized carbons (Fsp3) is 0.312. The van der Waals surface area contributed by atoms with Crippen LogP contribution in [0.15, 0.2) is 36.7 Å². The Morgan fingerprint density at radius 2 is 1.91 bits per heavy atom. The van der Waals surface area contributed by atoms with Crippen LogP contribution in [0.5, 0.6) is 0 Å². The molecule has 0 saturated carbocycles. The highest BCUT2D eigenvalue weighted by Crippen LogP contribution is 2.23. The average Bonchev–Trinajstić information content (AvgIpc) is 2.49. The Morgan fingerprint density at radius 1 is 1.27 bits per heavy atom. The van der Waals surface area contributed by atoms with Crippen LogP contribution in [0.1, 0.15) is 30.9 Å². The van der Waals surface area contributed by atoms with E-state index >= 15 is 0 Å². The SMILES string of the molecule is CC(C)c1ccccc1NC(=O)N(C)Cc1cnc(N)nc1. The number of aromatic nitrogens is 2. The third-order valence-corrected chi connectivity index (χ3v) is 3.32. The first-order valence-electron chi connectivity index (χ1n) is 7.15. The fourth-order valence-electron chi connectivity index (χ4n) is 2.12. The predicted octanol–water partition coefficient (Wildman–Crippen LogP) is 2.85. The number of para-hydroxylation sites is 1. The summed E-state index contributed by atoms with van der Waals surface area (Å²) in [6.07, 6.45) is 3.24. The van der Waals surface area contributed by atoms with Gasteiger partial charge in [0.15, 0.2) is 0 Å². The molecular weight excluding hydrogens is 278 g/mol. The molecule has 0 aliphatic heterocycles. The number of anilines is 2. The molecule has 3 N–H and O–H groups in total. The van der Waals surface area contributed by atoms with Crippen molar-refractivity contribution in [1.29, 1.82) is 0 Å². The van der Waals surface area contributed by atoms with Crippen LogP contribution in [0.3, 0.4) is 0 Å². The molecule has 22 heavy (non-hydrogen) atoms. The number of rotatable bonds is 4. The lowest BCUT2D eigenvalue weighted by atomic mass is 10.0. The molecule has 0 fully saturated rings. The topological polar surface area (TPSA) is 84.1 Å². The van der Waals surface area contributed by atoms with E-state index in [0.29, 0.717) is 12.5 Å². The molecule has 0 aliphatic rings. The van der Waals surface area contributed by atoms with Crippen LogP contribution in [0.25, 0.3) is 0 Å². The van der Waals surface area contributed by atoms with E-state index in [2.05, 4.69) is 29.1 Å². The van der Waals surface area contributed by atoms with Crippen molar-refractivity contribution in [2.75, 3.05) is 18.1 Å². The molecule has 6 heteroatoms. The van der Waals surface area contributed by atoms with E-state index in [1.54, 1.807) is 24.3 Å². The Balaban J connectivity index is 2.04. The molecule has 116 valence electrons. The zero-order valence-corrected chi connectivity index (χ0v) is 13.1. The minimum absolute atomic E-state index is 0.176.